The van der Waals surface area contributed by atoms with Crippen LogP contribution in [0.5, 0.6) is 0 Å². The van der Waals surface area contributed by atoms with Gasteiger partial charge >= 0.3 is 0 Å². The Balaban J connectivity index is 2.12. The third-order valence-electron chi connectivity index (χ3n) is 3.93. The van der Waals surface area contributed by atoms with E-state index in [1.807, 2.05) is 60.9 Å². The molecule has 0 spiro atoms. The molecule has 126 valence electrons. The van der Waals surface area contributed by atoms with Crippen molar-refractivity contribution in [3.63, 3.8) is 0 Å². The van der Waals surface area contributed by atoms with E-state index in [9.17, 15) is 0 Å². The van der Waals surface area contributed by atoms with E-state index in [1.54, 1.807) is 19.6 Å². The highest BCUT2D eigenvalue weighted by atomic mass is 16.5. The highest BCUT2D eigenvalue weighted by molar-refractivity contribution is 5.76. The van der Waals surface area contributed by atoms with Gasteiger partial charge in [-0.3, -0.25) is 4.57 Å². The molecular formula is C20H20N4O. The average Bonchev–Trinajstić information content (AvgIpc) is 3.09. The van der Waals surface area contributed by atoms with E-state index in [2.05, 4.69) is 16.5 Å². The van der Waals surface area contributed by atoms with Crippen LogP contribution in [-0.4, -0.2) is 26.6 Å². The van der Waals surface area contributed by atoms with Crippen molar-refractivity contribution in [1.82, 2.24) is 19.5 Å². The molecule has 3 aromatic rings. The van der Waals surface area contributed by atoms with Gasteiger partial charge in [0.05, 0.1) is 24.8 Å². The number of fused-ring (bicyclic) bond motifs is 1. The molecule has 0 saturated carbocycles. The van der Waals surface area contributed by atoms with Gasteiger partial charge in [0.25, 0.3) is 0 Å². The van der Waals surface area contributed by atoms with Crippen LogP contribution < -0.4 is 0 Å². The second-order valence-corrected chi connectivity index (χ2v) is 5.52. The SMILES string of the molecule is C=Cc1cccc(-n2cnc3ncc(C(C=C(C)OC)=CC)nc32)c1. The molecule has 0 N–H and O–H groups in total. The van der Waals surface area contributed by atoms with Gasteiger partial charge in [-0.05, 0) is 37.6 Å². The Morgan fingerprint density at radius 2 is 2.12 bits per heavy atom. The average molecular weight is 332 g/mol. The van der Waals surface area contributed by atoms with E-state index >= 15 is 0 Å². The Hall–Kier alpha value is -3.21. The van der Waals surface area contributed by atoms with Crippen molar-refractivity contribution in [2.45, 2.75) is 13.8 Å². The molecule has 0 atom stereocenters. The van der Waals surface area contributed by atoms with Crippen LogP contribution in [-0.2, 0) is 4.74 Å². The van der Waals surface area contributed by atoms with E-state index in [0.717, 1.165) is 28.3 Å². The van der Waals surface area contributed by atoms with Gasteiger partial charge in [0.2, 0.25) is 0 Å². The van der Waals surface area contributed by atoms with Crippen molar-refractivity contribution in [3.05, 3.63) is 72.5 Å². The predicted molar refractivity (Wildman–Crippen MR) is 101 cm³/mol. The van der Waals surface area contributed by atoms with Crippen molar-refractivity contribution in [1.29, 1.82) is 0 Å². The summed E-state index contributed by atoms with van der Waals surface area (Å²) in [7, 11) is 1.65. The molecule has 3 rings (SSSR count). The Morgan fingerprint density at radius 1 is 1.28 bits per heavy atom. The van der Waals surface area contributed by atoms with Crippen LogP contribution in [0.4, 0.5) is 0 Å². The monoisotopic (exact) mass is 332 g/mol. The van der Waals surface area contributed by atoms with E-state index in [1.165, 1.54) is 0 Å². The first-order valence-electron chi connectivity index (χ1n) is 7.98. The van der Waals surface area contributed by atoms with Gasteiger partial charge in [-0.15, -0.1) is 0 Å². The number of aromatic nitrogens is 4. The largest absolute Gasteiger partial charge is 0.501 e. The lowest BCUT2D eigenvalue weighted by molar-refractivity contribution is 0.294. The predicted octanol–water partition coefficient (Wildman–Crippen LogP) is 4.41. The molecule has 5 heteroatoms. The summed E-state index contributed by atoms with van der Waals surface area (Å²) in [5.41, 5.74) is 5.04. The first-order chi connectivity index (χ1) is 12.2. The van der Waals surface area contributed by atoms with E-state index in [4.69, 9.17) is 9.72 Å². The maximum atomic E-state index is 5.24. The number of hydrogen-bond acceptors (Lipinski definition) is 4. The third kappa shape index (κ3) is 3.35. The minimum atomic E-state index is 0.607. The zero-order valence-corrected chi connectivity index (χ0v) is 14.6. The second-order valence-electron chi connectivity index (χ2n) is 5.52. The molecule has 0 aliphatic rings. The molecule has 0 unspecified atom stereocenters. The summed E-state index contributed by atoms with van der Waals surface area (Å²) in [6.45, 7) is 7.69. The van der Waals surface area contributed by atoms with Gasteiger partial charge in [0, 0.05) is 11.3 Å². The lowest BCUT2D eigenvalue weighted by Crippen LogP contribution is -1.98. The fourth-order valence-electron chi connectivity index (χ4n) is 2.51. The number of rotatable bonds is 5. The van der Waals surface area contributed by atoms with Gasteiger partial charge in [-0.25, -0.2) is 15.0 Å². The number of ether oxygens (including phenoxy) is 1. The number of imidazole rings is 1. The molecule has 0 saturated heterocycles. The fraction of sp³-hybridized carbons (Fsp3) is 0.150. The van der Waals surface area contributed by atoms with Crippen LogP contribution in [0.2, 0.25) is 0 Å². The normalized spacial score (nSPS) is 12.4. The standard InChI is InChI=1S/C20H20N4O/c1-5-15-8-7-9-17(11-15)24-13-22-19-20(24)23-18(12-21-19)16(6-2)10-14(3)25-4/h5-13H,1H2,2-4H3. The zero-order valence-electron chi connectivity index (χ0n) is 14.6. The topological polar surface area (TPSA) is 52.8 Å². The van der Waals surface area contributed by atoms with Crippen molar-refractivity contribution in [3.8, 4) is 5.69 Å². The number of benzene rings is 1. The van der Waals surface area contributed by atoms with Crippen LogP contribution in [0, 0.1) is 0 Å². The Labute approximate surface area is 147 Å². The molecule has 2 aromatic heterocycles. The van der Waals surface area contributed by atoms with E-state index in [0.29, 0.717) is 11.3 Å². The molecule has 1 aromatic carbocycles. The van der Waals surface area contributed by atoms with Gasteiger partial charge < -0.3 is 4.74 Å². The van der Waals surface area contributed by atoms with Gasteiger partial charge in [0.15, 0.2) is 11.3 Å². The summed E-state index contributed by atoms with van der Waals surface area (Å²) >= 11 is 0. The van der Waals surface area contributed by atoms with Crippen LogP contribution in [0.25, 0.3) is 28.6 Å². The van der Waals surface area contributed by atoms with Crippen LogP contribution in [0.3, 0.4) is 0 Å². The maximum absolute atomic E-state index is 5.24. The van der Waals surface area contributed by atoms with Crippen LogP contribution in [0.1, 0.15) is 25.1 Å². The Morgan fingerprint density at radius 3 is 2.84 bits per heavy atom. The smallest absolute Gasteiger partial charge is 0.197 e. The lowest BCUT2D eigenvalue weighted by atomic mass is 10.1. The molecule has 0 radical (unpaired) electrons. The third-order valence-corrected chi connectivity index (χ3v) is 3.93. The first kappa shape index (κ1) is 16.6. The number of methoxy groups -OCH3 is 1. The molecule has 0 aliphatic heterocycles. The van der Waals surface area contributed by atoms with Crippen molar-refractivity contribution < 1.29 is 4.74 Å². The summed E-state index contributed by atoms with van der Waals surface area (Å²) in [5, 5.41) is 0. The molecule has 5 nitrogen and oxygen atoms in total. The highest BCUT2D eigenvalue weighted by Crippen LogP contribution is 2.21. The molecule has 2 heterocycles. The molecule has 0 fully saturated rings. The number of allylic oxidation sites excluding steroid dienone is 4. The quantitative estimate of drug-likeness (QED) is 0.513. The summed E-state index contributed by atoms with van der Waals surface area (Å²) in [6.07, 6.45) is 9.21. The fourth-order valence-corrected chi connectivity index (χ4v) is 2.51. The molecular weight excluding hydrogens is 312 g/mol. The van der Waals surface area contributed by atoms with Gasteiger partial charge in [-0.1, -0.05) is 30.9 Å². The van der Waals surface area contributed by atoms with E-state index < -0.39 is 0 Å². The highest BCUT2D eigenvalue weighted by Gasteiger charge is 2.10. The Kier molecular flexibility index (Phi) is 4.75. The molecule has 25 heavy (non-hydrogen) atoms. The maximum Gasteiger partial charge on any atom is 0.197 e. The summed E-state index contributed by atoms with van der Waals surface area (Å²) in [4.78, 5) is 13.6. The first-order valence-corrected chi connectivity index (χ1v) is 7.98. The van der Waals surface area contributed by atoms with Gasteiger partial charge in [0.1, 0.15) is 6.33 Å². The van der Waals surface area contributed by atoms with Crippen LogP contribution >= 0.6 is 0 Å². The molecule has 0 amide bonds. The zero-order chi connectivity index (χ0) is 17.8. The van der Waals surface area contributed by atoms with E-state index in [-0.39, 0.29) is 0 Å². The second kappa shape index (κ2) is 7.13. The molecule has 0 bridgehead atoms. The van der Waals surface area contributed by atoms with Crippen LogP contribution in [0.15, 0.2) is 61.3 Å². The minimum absolute atomic E-state index is 0.607. The van der Waals surface area contributed by atoms with Crippen molar-refractivity contribution in [2.75, 3.05) is 7.11 Å². The number of hydrogen-bond donors (Lipinski definition) is 0. The molecule has 0 aliphatic carbocycles. The van der Waals surface area contributed by atoms with Crippen molar-refractivity contribution >= 4 is 22.9 Å². The lowest BCUT2D eigenvalue weighted by Gasteiger charge is -2.07. The Bertz CT molecular complexity index is 982. The minimum Gasteiger partial charge on any atom is -0.501 e. The van der Waals surface area contributed by atoms with Gasteiger partial charge in [-0.2, -0.15) is 0 Å². The number of nitrogens with zero attached hydrogens (tertiary/aromatic N) is 4. The summed E-state index contributed by atoms with van der Waals surface area (Å²) in [6, 6.07) is 8.03. The summed E-state index contributed by atoms with van der Waals surface area (Å²) in [5.74, 6) is 0.808. The summed E-state index contributed by atoms with van der Waals surface area (Å²) < 4.78 is 7.17. The van der Waals surface area contributed by atoms with Crippen molar-refractivity contribution in [2.24, 2.45) is 0 Å².